The van der Waals surface area contributed by atoms with Gasteiger partial charge in [0.25, 0.3) is 0 Å². The van der Waals surface area contributed by atoms with E-state index in [1.54, 1.807) is 0 Å². The summed E-state index contributed by atoms with van der Waals surface area (Å²) in [6.45, 7) is 11.5. The van der Waals surface area contributed by atoms with Crippen LogP contribution >= 0.6 is 15.9 Å². The van der Waals surface area contributed by atoms with Crippen LogP contribution in [0.5, 0.6) is 0 Å². The molecule has 0 spiro atoms. The Labute approximate surface area is 130 Å². The van der Waals surface area contributed by atoms with Gasteiger partial charge in [-0.25, -0.2) is 0 Å². The molecule has 1 heterocycles. The number of benzene rings is 1. The smallest absolute Gasteiger partial charge is 0.0726 e. The Morgan fingerprint density at radius 2 is 1.95 bits per heavy atom. The molecule has 0 radical (unpaired) electrons. The van der Waals surface area contributed by atoms with Gasteiger partial charge in [-0.3, -0.25) is 0 Å². The lowest BCUT2D eigenvalue weighted by atomic mass is 10.1. The topological polar surface area (TPSA) is 24.5 Å². The van der Waals surface area contributed by atoms with E-state index in [0.717, 1.165) is 24.1 Å². The Bertz CT molecular complexity index is 440. The minimum absolute atomic E-state index is 0.285. The van der Waals surface area contributed by atoms with E-state index < -0.39 is 0 Å². The summed E-state index contributed by atoms with van der Waals surface area (Å²) in [5, 5.41) is 3.51. The third-order valence-electron chi connectivity index (χ3n) is 3.50. The average molecular weight is 341 g/mol. The van der Waals surface area contributed by atoms with E-state index in [4.69, 9.17) is 4.74 Å². The summed E-state index contributed by atoms with van der Waals surface area (Å²) >= 11 is 3.58. The average Bonchev–Trinajstić information content (AvgIpc) is 2.35. The first-order chi connectivity index (χ1) is 9.45. The molecule has 1 aromatic carbocycles. The van der Waals surface area contributed by atoms with Crippen LogP contribution in [0.25, 0.3) is 0 Å². The number of rotatable bonds is 4. The minimum Gasteiger partial charge on any atom is -0.372 e. The van der Waals surface area contributed by atoms with E-state index in [0.29, 0.717) is 6.04 Å². The van der Waals surface area contributed by atoms with Crippen LogP contribution in [0.2, 0.25) is 0 Å². The number of hydrogen-bond acceptors (Lipinski definition) is 3. The summed E-state index contributed by atoms with van der Waals surface area (Å²) in [4.78, 5) is 2.45. The van der Waals surface area contributed by atoms with Crippen molar-refractivity contribution in [3.05, 3.63) is 28.2 Å². The van der Waals surface area contributed by atoms with Crippen molar-refractivity contribution in [1.82, 2.24) is 5.32 Å². The maximum Gasteiger partial charge on any atom is 0.0726 e. The molecule has 1 aliphatic heterocycles. The van der Waals surface area contributed by atoms with Gasteiger partial charge >= 0.3 is 0 Å². The van der Waals surface area contributed by atoms with E-state index in [2.05, 4.69) is 72.0 Å². The van der Waals surface area contributed by atoms with Gasteiger partial charge in [0, 0.05) is 35.8 Å². The molecule has 0 saturated carbocycles. The van der Waals surface area contributed by atoms with E-state index in [9.17, 15) is 0 Å². The number of nitrogens with zero attached hydrogens (tertiary/aromatic N) is 1. The highest BCUT2D eigenvalue weighted by atomic mass is 79.9. The summed E-state index contributed by atoms with van der Waals surface area (Å²) < 4.78 is 6.97. The second-order valence-corrected chi connectivity index (χ2v) is 6.89. The predicted molar refractivity (Wildman–Crippen MR) is 88.3 cm³/mol. The van der Waals surface area contributed by atoms with Gasteiger partial charge in [-0.2, -0.15) is 0 Å². The zero-order valence-electron chi connectivity index (χ0n) is 12.8. The van der Waals surface area contributed by atoms with Crippen molar-refractivity contribution >= 4 is 21.6 Å². The Kier molecular flexibility index (Phi) is 5.47. The van der Waals surface area contributed by atoms with Gasteiger partial charge in [0.15, 0.2) is 0 Å². The molecule has 2 atom stereocenters. The van der Waals surface area contributed by atoms with Gasteiger partial charge in [-0.15, -0.1) is 0 Å². The molecular formula is C16H25BrN2O. The van der Waals surface area contributed by atoms with Crippen LogP contribution in [-0.2, 0) is 11.3 Å². The second kappa shape index (κ2) is 6.92. The fourth-order valence-electron chi connectivity index (χ4n) is 2.69. The summed E-state index contributed by atoms with van der Waals surface area (Å²) in [6.07, 6.45) is 0.571. The van der Waals surface area contributed by atoms with E-state index >= 15 is 0 Å². The molecule has 2 rings (SSSR count). The standard InChI is InChI=1S/C16H25BrN2O/c1-11(2)18-8-14-7-15(17)5-6-16(14)19-9-12(3)20-13(4)10-19/h5-7,11-13,18H,8-10H2,1-4H3. The maximum atomic E-state index is 5.83. The lowest BCUT2D eigenvalue weighted by Gasteiger charge is -2.38. The Balaban J connectivity index is 2.21. The molecular weight excluding hydrogens is 316 g/mol. The molecule has 0 aliphatic carbocycles. The normalized spacial score (nSPS) is 23.4. The van der Waals surface area contributed by atoms with Crippen LogP contribution in [0, 0.1) is 0 Å². The van der Waals surface area contributed by atoms with Gasteiger partial charge in [-0.05, 0) is 37.6 Å². The van der Waals surface area contributed by atoms with Crippen molar-refractivity contribution in [2.75, 3.05) is 18.0 Å². The van der Waals surface area contributed by atoms with Crippen molar-refractivity contribution in [2.24, 2.45) is 0 Å². The number of hydrogen-bond donors (Lipinski definition) is 1. The molecule has 1 saturated heterocycles. The number of ether oxygens (including phenoxy) is 1. The molecule has 1 fully saturated rings. The van der Waals surface area contributed by atoms with Crippen LogP contribution in [0.3, 0.4) is 0 Å². The summed E-state index contributed by atoms with van der Waals surface area (Å²) in [5.74, 6) is 0. The number of anilines is 1. The second-order valence-electron chi connectivity index (χ2n) is 5.97. The summed E-state index contributed by atoms with van der Waals surface area (Å²) in [7, 11) is 0. The molecule has 0 bridgehead atoms. The van der Waals surface area contributed by atoms with Crippen LogP contribution in [0.4, 0.5) is 5.69 Å². The quantitative estimate of drug-likeness (QED) is 0.906. The first kappa shape index (κ1) is 15.8. The molecule has 1 aromatic rings. The third kappa shape index (κ3) is 4.21. The van der Waals surface area contributed by atoms with Crippen LogP contribution in [0.1, 0.15) is 33.3 Å². The highest BCUT2D eigenvalue weighted by Gasteiger charge is 2.23. The lowest BCUT2D eigenvalue weighted by molar-refractivity contribution is -0.00526. The van der Waals surface area contributed by atoms with Crippen molar-refractivity contribution in [2.45, 2.75) is 52.5 Å². The molecule has 3 nitrogen and oxygen atoms in total. The first-order valence-corrected chi connectivity index (χ1v) is 8.17. The zero-order valence-corrected chi connectivity index (χ0v) is 14.4. The molecule has 112 valence electrons. The van der Waals surface area contributed by atoms with Gasteiger partial charge in [0.1, 0.15) is 0 Å². The Hall–Kier alpha value is -0.580. The van der Waals surface area contributed by atoms with Gasteiger partial charge in [-0.1, -0.05) is 29.8 Å². The molecule has 2 unspecified atom stereocenters. The molecule has 1 N–H and O–H groups in total. The molecule has 4 heteroatoms. The Morgan fingerprint density at radius 3 is 2.55 bits per heavy atom. The van der Waals surface area contributed by atoms with Crippen molar-refractivity contribution in [3.63, 3.8) is 0 Å². The van der Waals surface area contributed by atoms with Gasteiger partial charge in [0.05, 0.1) is 12.2 Å². The van der Waals surface area contributed by atoms with Crippen molar-refractivity contribution in [1.29, 1.82) is 0 Å². The number of halogens is 1. The number of morpholine rings is 1. The van der Waals surface area contributed by atoms with E-state index in [1.165, 1.54) is 11.3 Å². The number of nitrogens with one attached hydrogen (secondary N) is 1. The highest BCUT2D eigenvalue weighted by Crippen LogP contribution is 2.27. The molecule has 20 heavy (non-hydrogen) atoms. The fraction of sp³-hybridized carbons (Fsp3) is 0.625. The van der Waals surface area contributed by atoms with Crippen LogP contribution in [-0.4, -0.2) is 31.3 Å². The maximum absolute atomic E-state index is 5.83. The minimum atomic E-state index is 0.285. The van der Waals surface area contributed by atoms with Crippen molar-refractivity contribution in [3.8, 4) is 0 Å². The monoisotopic (exact) mass is 340 g/mol. The highest BCUT2D eigenvalue weighted by molar-refractivity contribution is 9.10. The summed E-state index contributed by atoms with van der Waals surface area (Å²) in [5.41, 5.74) is 2.66. The SMILES string of the molecule is CC(C)NCc1cc(Br)ccc1N1CC(C)OC(C)C1. The van der Waals surface area contributed by atoms with Crippen molar-refractivity contribution < 1.29 is 4.74 Å². The first-order valence-electron chi connectivity index (χ1n) is 7.38. The molecule has 0 aromatic heterocycles. The zero-order chi connectivity index (χ0) is 14.7. The van der Waals surface area contributed by atoms with Crippen LogP contribution in [0.15, 0.2) is 22.7 Å². The molecule has 1 aliphatic rings. The van der Waals surface area contributed by atoms with Gasteiger partial charge < -0.3 is 15.0 Å². The molecule has 0 amide bonds. The van der Waals surface area contributed by atoms with Gasteiger partial charge in [0.2, 0.25) is 0 Å². The fourth-order valence-corrected chi connectivity index (χ4v) is 3.10. The lowest BCUT2D eigenvalue weighted by Crippen LogP contribution is -2.46. The largest absolute Gasteiger partial charge is 0.372 e. The Morgan fingerprint density at radius 1 is 1.30 bits per heavy atom. The summed E-state index contributed by atoms with van der Waals surface area (Å²) in [6, 6.07) is 7.05. The van der Waals surface area contributed by atoms with E-state index in [-0.39, 0.29) is 12.2 Å². The predicted octanol–water partition coefficient (Wildman–Crippen LogP) is 3.56. The van der Waals surface area contributed by atoms with Crippen LogP contribution < -0.4 is 10.2 Å². The third-order valence-corrected chi connectivity index (χ3v) is 4.00. The van der Waals surface area contributed by atoms with E-state index in [1.807, 2.05) is 0 Å².